The smallest absolute Gasteiger partial charge is 0.228 e. The first-order valence-electron chi connectivity index (χ1n) is 9.96. The predicted octanol–water partition coefficient (Wildman–Crippen LogP) is 3.96. The van der Waals surface area contributed by atoms with E-state index in [1.165, 1.54) is 12.1 Å². The van der Waals surface area contributed by atoms with E-state index in [0.717, 1.165) is 36.2 Å². The van der Waals surface area contributed by atoms with E-state index < -0.39 is 11.6 Å². The molecule has 0 radical (unpaired) electrons. The Morgan fingerprint density at radius 1 is 1.00 bits per heavy atom. The minimum Gasteiger partial charge on any atom is -0.383 e. The number of hydrogen-bond donors (Lipinski definition) is 1. The summed E-state index contributed by atoms with van der Waals surface area (Å²) in [6.07, 6.45) is 0. The van der Waals surface area contributed by atoms with Gasteiger partial charge in [-0.2, -0.15) is 16.7 Å². The second-order valence-electron chi connectivity index (χ2n) is 7.32. The lowest BCUT2D eigenvalue weighted by Crippen LogP contribution is -2.33. The zero-order chi connectivity index (χ0) is 21.4. The Balaban J connectivity index is 1.69. The van der Waals surface area contributed by atoms with E-state index >= 15 is 0 Å². The summed E-state index contributed by atoms with van der Waals surface area (Å²) in [5.41, 5.74) is 8.36. The van der Waals surface area contributed by atoms with E-state index in [-0.39, 0.29) is 5.56 Å². The van der Waals surface area contributed by atoms with Gasteiger partial charge in [-0.1, -0.05) is 30.3 Å². The number of anilines is 2. The molecule has 2 aromatic carbocycles. The molecule has 0 spiro atoms. The number of nitrogens with two attached hydrogens (primary N) is 1. The average Bonchev–Trinajstić information content (AvgIpc) is 3.10. The summed E-state index contributed by atoms with van der Waals surface area (Å²) in [6.45, 7) is 2.04. The monoisotopic (exact) mass is 438 g/mol. The molecule has 0 atom stereocenters. The highest BCUT2D eigenvalue weighted by atomic mass is 32.2. The van der Waals surface area contributed by atoms with E-state index in [1.807, 2.05) is 42.1 Å². The fraction of sp³-hybridized carbons (Fsp3) is 0.227. The fourth-order valence-electron chi connectivity index (χ4n) is 3.70. The van der Waals surface area contributed by atoms with Crippen LogP contribution in [0.2, 0.25) is 0 Å². The van der Waals surface area contributed by atoms with Crippen LogP contribution in [0.1, 0.15) is 5.56 Å². The Labute approximate surface area is 182 Å². The van der Waals surface area contributed by atoms with Crippen molar-refractivity contribution >= 4 is 34.6 Å². The largest absolute Gasteiger partial charge is 0.383 e. The molecule has 6 nitrogen and oxygen atoms in total. The van der Waals surface area contributed by atoms with E-state index in [9.17, 15) is 8.78 Å². The number of nitrogen functional groups attached to an aromatic ring is 1. The van der Waals surface area contributed by atoms with Crippen LogP contribution in [0.5, 0.6) is 0 Å². The van der Waals surface area contributed by atoms with Gasteiger partial charge in [-0.05, 0) is 17.7 Å². The minimum atomic E-state index is -0.699. The fourth-order valence-corrected chi connectivity index (χ4v) is 4.60. The van der Waals surface area contributed by atoms with Gasteiger partial charge in [-0.25, -0.2) is 18.4 Å². The number of aromatic nitrogens is 4. The van der Waals surface area contributed by atoms with Crippen molar-refractivity contribution < 1.29 is 8.78 Å². The molecule has 31 heavy (non-hydrogen) atoms. The van der Waals surface area contributed by atoms with Crippen LogP contribution in [0.15, 0.2) is 48.5 Å². The number of halogens is 2. The summed E-state index contributed by atoms with van der Waals surface area (Å²) < 4.78 is 29.9. The molecule has 0 bridgehead atoms. The minimum absolute atomic E-state index is 0.174. The molecule has 1 fully saturated rings. The number of benzene rings is 2. The zero-order valence-corrected chi connectivity index (χ0v) is 17.4. The first-order valence-corrected chi connectivity index (χ1v) is 11.1. The molecule has 9 heteroatoms. The molecule has 0 aliphatic carbocycles. The van der Waals surface area contributed by atoms with E-state index in [0.29, 0.717) is 35.0 Å². The Bertz CT molecular complexity index is 1240. The number of thioether (sulfide) groups is 1. The molecular formula is C22H20F2N6S. The van der Waals surface area contributed by atoms with Crippen LogP contribution in [0.25, 0.3) is 22.3 Å². The molecule has 1 aliphatic heterocycles. The van der Waals surface area contributed by atoms with Crippen LogP contribution in [0.4, 0.5) is 20.5 Å². The van der Waals surface area contributed by atoms with E-state index in [1.54, 1.807) is 4.68 Å². The van der Waals surface area contributed by atoms with E-state index in [4.69, 9.17) is 5.73 Å². The first kappa shape index (κ1) is 19.7. The van der Waals surface area contributed by atoms with Gasteiger partial charge >= 0.3 is 0 Å². The summed E-state index contributed by atoms with van der Waals surface area (Å²) in [5, 5.41) is 5.08. The van der Waals surface area contributed by atoms with Gasteiger partial charge in [0, 0.05) is 36.2 Å². The lowest BCUT2D eigenvalue weighted by atomic mass is 10.1. The first-order chi connectivity index (χ1) is 15.1. The van der Waals surface area contributed by atoms with E-state index in [2.05, 4.69) is 20.0 Å². The van der Waals surface area contributed by atoms with Crippen molar-refractivity contribution in [1.82, 2.24) is 19.7 Å². The second-order valence-corrected chi connectivity index (χ2v) is 8.55. The van der Waals surface area contributed by atoms with Crippen molar-refractivity contribution in [1.29, 1.82) is 0 Å². The molecule has 158 valence electrons. The Hall–Kier alpha value is -3.20. The maximum Gasteiger partial charge on any atom is 0.228 e. The molecule has 4 aromatic rings. The van der Waals surface area contributed by atoms with Gasteiger partial charge < -0.3 is 10.6 Å². The lowest BCUT2D eigenvalue weighted by Gasteiger charge is -2.26. The van der Waals surface area contributed by atoms with Crippen LogP contribution in [-0.2, 0) is 6.54 Å². The lowest BCUT2D eigenvalue weighted by molar-refractivity contribution is 0.585. The van der Waals surface area contributed by atoms with Gasteiger partial charge in [0.15, 0.2) is 5.65 Å². The van der Waals surface area contributed by atoms with Crippen molar-refractivity contribution in [3.8, 4) is 11.3 Å². The van der Waals surface area contributed by atoms with Crippen molar-refractivity contribution in [2.45, 2.75) is 6.54 Å². The number of fused-ring (bicyclic) bond motifs is 1. The SMILES string of the molecule is Nc1c2c(-c3ccc(F)cc3F)nc(N3CCSCC3)nc2nn1Cc1ccccc1. The molecule has 0 amide bonds. The number of nitrogens with zero attached hydrogens (tertiary/aromatic N) is 5. The van der Waals surface area contributed by atoms with Crippen LogP contribution in [0, 0.1) is 11.6 Å². The predicted molar refractivity (Wildman–Crippen MR) is 120 cm³/mol. The third kappa shape index (κ3) is 3.81. The highest BCUT2D eigenvalue weighted by Crippen LogP contribution is 2.34. The van der Waals surface area contributed by atoms with Crippen molar-refractivity contribution in [3.63, 3.8) is 0 Å². The van der Waals surface area contributed by atoms with Gasteiger partial charge in [0.1, 0.15) is 17.5 Å². The van der Waals surface area contributed by atoms with Gasteiger partial charge in [-0.3, -0.25) is 0 Å². The van der Waals surface area contributed by atoms with Gasteiger partial charge in [0.2, 0.25) is 5.95 Å². The van der Waals surface area contributed by atoms with Crippen molar-refractivity contribution in [2.75, 3.05) is 35.2 Å². The molecule has 3 heterocycles. The zero-order valence-electron chi connectivity index (χ0n) is 16.6. The normalized spacial score (nSPS) is 14.3. The molecule has 5 rings (SSSR count). The van der Waals surface area contributed by atoms with Gasteiger partial charge in [0.25, 0.3) is 0 Å². The third-order valence-corrected chi connectivity index (χ3v) is 6.23. The molecular weight excluding hydrogens is 418 g/mol. The van der Waals surface area contributed by atoms with Crippen molar-refractivity contribution in [2.24, 2.45) is 0 Å². The van der Waals surface area contributed by atoms with Crippen molar-refractivity contribution in [3.05, 3.63) is 65.7 Å². The summed E-state index contributed by atoms with van der Waals surface area (Å²) in [7, 11) is 0. The quantitative estimate of drug-likeness (QED) is 0.520. The van der Waals surface area contributed by atoms with Gasteiger partial charge in [0.05, 0.1) is 17.6 Å². The summed E-state index contributed by atoms with van der Waals surface area (Å²) in [5.74, 6) is 1.41. The highest BCUT2D eigenvalue weighted by molar-refractivity contribution is 7.99. The third-order valence-electron chi connectivity index (χ3n) is 5.28. The topological polar surface area (TPSA) is 72.9 Å². The number of rotatable bonds is 4. The number of hydrogen-bond acceptors (Lipinski definition) is 6. The van der Waals surface area contributed by atoms with Gasteiger partial charge in [-0.15, -0.1) is 5.10 Å². The molecule has 2 N–H and O–H groups in total. The molecule has 0 unspecified atom stereocenters. The van der Waals surface area contributed by atoms with Crippen LogP contribution >= 0.6 is 11.8 Å². The summed E-state index contributed by atoms with van der Waals surface area (Å²) >= 11 is 1.87. The maximum absolute atomic E-state index is 14.7. The average molecular weight is 439 g/mol. The van der Waals surface area contributed by atoms with Crippen LogP contribution < -0.4 is 10.6 Å². The van der Waals surface area contributed by atoms with Crippen LogP contribution in [-0.4, -0.2) is 44.3 Å². The summed E-state index contributed by atoms with van der Waals surface area (Å²) in [6, 6.07) is 13.2. The second kappa shape index (κ2) is 8.14. The Kier molecular flexibility index (Phi) is 5.19. The standard InChI is InChI=1S/C22H20F2N6S/c23-15-6-7-16(17(24)12-15)19-18-20(25)30(13-14-4-2-1-3-5-14)28-21(18)27-22(26-19)29-8-10-31-11-9-29/h1-7,12H,8-11,13,25H2. The Morgan fingerprint density at radius 3 is 2.52 bits per heavy atom. The molecule has 0 saturated carbocycles. The Morgan fingerprint density at radius 2 is 1.77 bits per heavy atom. The molecule has 1 aliphatic rings. The summed E-state index contributed by atoms with van der Waals surface area (Å²) in [4.78, 5) is 11.4. The molecule has 2 aromatic heterocycles. The highest BCUT2D eigenvalue weighted by Gasteiger charge is 2.23. The van der Waals surface area contributed by atoms with Crippen LogP contribution in [0.3, 0.4) is 0 Å². The molecule has 1 saturated heterocycles. The maximum atomic E-state index is 14.7.